The molecule has 5 heterocycles. The molecule has 23 rings (SSSR count). The predicted octanol–water partition coefficient (Wildman–Crippen LogP) is 33.6. The first-order valence-corrected chi connectivity index (χ1v) is 44.0. The van der Waals surface area contributed by atoms with E-state index in [-0.39, 0.29) is 0 Å². The molecule has 0 saturated heterocycles. The van der Waals surface area contributed by atoms with E-state index >= 15 is 0 Å². The van der Waals surface area contributed by atoms with Crippen molar-refractivity contribution in [2.24, 2.45) is 0 Å². The van der Waals surface area contributed by atoms with E-state index in [1.807, 2.05) is 22.7 Å². The molecule has 0 aliphatic heterocycles. The summed E-state index contributed by atoms with van der Waals surface area (Å²) in [4.78, 5) is 0. The first kappa shape index (κ1) is 75.4. The van der Waals surface area contributed by atoms with Crippen LogP contribution in [0.3, 0.4) is 0 Å². The van der Waals surface area contributed by atoms with Gasteiger partial charge in [-0.2, -0.15) is 0 Å². The van der Waals surface area contributed by atoms with Crippen molar-refractivity contribution in [3.05, 3.63) is 397 Å². The van der Waals surface area contributed by atoms with Crippen LogP contribution in [0.1, 0.15) is 115 Å². The molecule has 576 valence electrons. The summed E-state index contributed by atoms with van der Waals surface area (Å²) < 4.78 is 16.7. The van der Waals surface area contributed by atoms with Crippen LogP contribution in [0.25, 0.3) is 162 Å². The van der Waals surface area contributed by atoms with Crippen molar-refractivity contribution in [2.75, 3.05) is 0 Å². The molecule has 2 saturated carbocycles. The molecule has 16 aromatic carbocycles. The highest BCUT2D eigenvalue weighted by molar-refractivity contribution is 7.27. The van der Waals surface area contributed by atoms with Crippen molar-refractivity contribution in [3.8, 4) is 55.9 Å². The van der Waals surface area contributed by atoms with Crippen molar-refractivity contribution in [1.82, 2.24) is 9.13 Å². The minimum absolute atomic E-state index is 0.688. The zero-order valence-corrected chi connectivity index (χ0v) is 69.5. The maximum atomic E-state index is 6.27. The van der Waals surface area contributed by atoms with Crippen LogP contribution in [0.15, 0.2) is 362 Å². The largest absolute Gasteiger partial charge is 0.455 e. The number of aromatic nitrogens is 2. The molecule has 21 aromatic rings. The molecule has 0 spiro atoms. The minimum atomic E-state index is 0.688. The number of rotatable bonds is 8. The highest BCUT2D eigenvalue weighted by Gasteiger charge is 2.24. The highest BCUT2D eigenvalue weighted by atomic mass is 32.1. The molecule has 3 nitrogen and oxygen atoms in total. The second kappa shape index (κ2) is 33.5. The Bertz CT molecular complexity index is 7010. The average Bonchev–Trinajstić information content (AvgIpc) is 1.61. The first-order valence-electron chi connectivity index (χ1n) is 42.3. The third-order valence-electron chi connectivity index (χ3n) is 24.7. The van der Waals surface area contributed by atoms with E-state index in [2.05, 4.69) is 402 Å². The van der Waals surface area contributed by atoms with Crippen LogP contribution in [0.4, 0.5) is 0 Å². The van der Waals surface area contributed by atoms with Gasteiger partial charge in [0.05, 0.1) is 22.1 Å². The number of nitrogens with zero attached hydrogens (tertiary/aromatic N) is 2. The first-order chi connectivity index (χ1) is 58.1. The Labute approximate surface area is 700 Å². The maximum Gasteiger partial charge on any atom is 0.138 e. The van der Waals surface area contributed by atoms with E-state index in [1.54, 1.807) is 10.3 Å². The molecule has 2 aliphatic carbocycles. The number of thiophene rings is 2. The summed E-state index contributed by atoms with van der Waals surface area (Å²) in [5.41, 5.74) is 29.3. The Morgan fingerprint density at radius 2 is 0.610 bits per heavy atom. The molecule has 0 radical (unpaired) electrons. The Morgan fingerprint density at radius 3 is 1.18 bits per heavy atom. The smallest absolute Gasteiger partial charge is 0.138 e. The SMILES string of the molecule is Cc1ccc(-c2ccc3c(c2)c2ccccc2n3-c2ccccc2)cc1.Cc1ccc(-c2ccc3c4ccccc4n(-c4ccccc4)c3c2)cc1.Cc1ccc(-c2cccc3c2sc2c(-c4ccccc4)cccc23)cc1.Cc1cccc2c1oc1c(C3CCCCC3)cccc12.Cc1cccc2c1sc1c(C3CCCCC3)cccc12. The molecule has 0 atom stereocenters. The van der Waals surface area contributed by atoms with Crippen LogP contribution in [0.2, 0.25) is 0 Å². The number of furan rings is 1. The van der Waals surface area contributed by atoms with Gasteiger partial charge in [0, 0.05) is 84.0 Å². The molecule has 118 heavy (non-hydrogen) atoms. The maximum absolute atomic E-state index is 6.27. The molecule has 2 aliphatic rings. The lowest BCUT2D eigenvalue weighted by molar-refractivity contribution is 0.442. The Morgan fingerprint density at radius 1 is 0.237 bits per heavy atom. The van der Waals surface area contributed by atoms with Crippen molar-refractivity contribution < 1.29 is 4.42 Å². The van der Waals surface area contributed by atoms with Gasteiger partial charge < -0.3 is 13.6 Å². The van der Waals surface area contributed by atoms with E-state index in [4.69, 9.17) is 4.42 Å². The second-order valence-electron chi connectivity index (χ2n) is 32.5. The van der Waals surface area contributed by atoms with Crippen molar-refractivity contribution in [2.45, 2.75) is 111 Å². The number of hydrogen-bond donors (Lipinski definition) is 0. The summed E-state index contributed by atoms with van der Waals surface area (Å²) in [6.07, 6.45) is 13.8. The van der Waals surface area contributed by atoms with Crippen LogP contribution in [-0.2, 0) is 0 Å². The van der Waals surface area contributed by atoms with Gasteiger partial charge in [-0.05, 0) is 193 Å². The molecule has 0 N–H and O–H groups in total. The van der Waals surface area contributed by atoms with Gasteiger partial charge in [-0.25, -0.2) is 0 Å². The molecule has 2 fully saturated rings. The van der Waals surface area contributed by atoms with Crippen molar-refractivity contribution in [1.29, 1.82) is 0 Å². The third kappa shape index (κ3) is 14.9. The highest BCUT2D eigenvalue weighted by Crippen LogP contribution is 2.47. The third-order valence-corrected chi connectivity index (χ3v) is 27.4. The topological polar surface area (TPSA) is 23.0 Å². The number of hydrogen-bond acceptors (Lipinski definition) is 3. The second-order valence-corrected chi connectivity index (χ2v) is 34.5. The summed E-state index contributed by atoms with van der Waals surface area (Å²) in [6.45, 7) is 10.7. The van der Waals surface area contributed by atoms with E-state index in [9.17, 15) is 0 Å². The van der Waals surface area contributed by atoms with E-state index in [0.717, 1.165) is 17.1 Å². The van der Waals surface area contributed by atoms with Gasteiger partial charge in [0.1, 0.15) is 11.2 Å². The lowest BCUT2D eigenvalue weighted by atomic mass is 9.83. The quantitative estimate of drug-likeness (QED) is 0.149. The summed E-state index contributed by atoms with van der Waals surface area (Å²) >= 11 is 3.92. The van der Waals surface area contributed by atoms with Crippen molar-refractivity contribution in [3.63, 3.8) is 0 Å². The minimum Gasteiger partial charge on any atom is -0.455 e. The molecule has 5 aromatic heterocycles. The van der Waals surface area contributed by atoms with Crippen LogP contribution in [0.5, 0.6) is 0 Å². The predicted molar refractivity (Wildman–Crippen MR) is 511 cm³/mol. The Kier molecular flexibility index (Phi) is 21.4. The van der Waals surface area contributed by atoms with Gasteiger partial charge in [-0.3, -0.25) is 0 Å². The zero-order chi connectivity index (χ0) is 79.6. The lowest BCUT2D eigenvalue weighted by Crippen LogP contribution is -2.04. The fourth-order valence-electron chi connectivity index (χ4n) is 18.6. The van der Waals surface area contributed by atoms with Crippen LogP contribution in [0, 0.1) is 34.6 Å². The van der Waals surface area contributed by atoms with E-state index < -0.39 is 0 Å². The van der Waals surface area contributed by atoms with Crippen molar-refractivity contribution >= 4 is 129 Å². The van der Waals surface area contributed by atoms with Gasteiger partial charge in [-0.1, -0.05) is 359 Å². The number of para-hydroxylation sites is 6. The van der Waals surface area contributed by atoms with E-state index in [1.165, 1.54) is 244 Å². The average molecular weight is 1560 g/mol. The van der Waals surface area contributed by atoms with Crippen LogP contribution < -0.4 is 0 Å². The normalized spacial score (nSPS) is 13.2. The lowest BCUT2D eigenvalue weighted by Gasteiger charge is -2.22. The number of fused-ring (bicyclic) bond motifs is 15. The Hall–Kier alpha value is -12.6. The van der Waals surface area contributed by atoms with Gasteiger partial charge in [0.25, 0.3) is 0 Å². The molecule has 0 amide bonds. The van der Waals surface area contributed by atoms with Gasteiger partial charge in [-0.15, -0.1) is 22.7 Å². The van der Waals surface area contributed by atoms with Gasteiger partial charge >= 0.3 is 0 Å². The van der Waals surface area contributed by atoms with Gasteiger partial charge in [0.15, 0.2) is 0 Å². The number of aryl methyl sites for hydroxylation is 5. The molecule has 0 bridgehead atoms. The van der Waals surface area contributed by atoms with Gasteiger partial charge in [0.2, 0.25) is 0 Å². The standard InChI is InChI=1S/2C25H19N.C25H18S.C19H20O.C19H20S/c1-18-11-13-19(14-12-18)20-15-16-25-23(17-20)22-9-5-6-10-24(22)26(25)21-7-3-2-4-8-21;1-18-11-13-19(14-12-18)20-15-16-23-22-9-5-6-10-24(22)26(25(23)17-20)21-7-3-2-4-8-21;1-17-13-15-19(16-14-17)21-10-6-12-23-22-11-5-9-20(24(22)26-25(21)23)18-7-3-2-4-8-18;2*1-13-7-5-11-16-17-12-6-10-15(19(17)20-18(13)16)14-8-3-2-4-9-14/h2*2-17H,1H3;2-16H,1H3;2*5-7,10-12,14H,2-4,8-9H2,1H3. The fourth-order valence-corrected chi connectivity index (χ4v) is 21.3. The number of benzene rings is 16. The summed E-state index contributed by atoms with van der Waals surface area (Å²) in [7, 11) is 0. The summed E-state index contributed by atoms with van der Waals surface area (Å²) in [5.74, 6) is 1.48. The summed E-state index contributed by atoms with van der Waals surface area (Å²) in [6, 6.07) is 129. The molecule has 0 unspecified atom stereocenters. The van der Waals surface area contributed by atoms with Crippen LogP contribution >= 0.6 is 22.7 Å². The Balaban J connectivity index is 0.0000000984. The molecular weight excluding hydrogens is 1470 g/mol. The molecule has 5 heteroatoms. The summed E-state index contributed by atoms with van der Waals surface area (Å²) in [5, 5.41) is 13.3. The monoisotopic (exact) mass is 1560 g/mol. The molecular formula is C113H96N2OS2. The zero-order valence-electron chi connectivity index (χ0n) is 67.9. The van der Waals surface area contributed by atoms with E-state index in [0.29, 0.717) is 5.92 Å². The fraction of sp³-hybridized carbons (Fsp3) is 0.150. The van der Waals surface area contributed by atoms with Crippen LogP contribution in [-0.4, -0.2) is 9.13 Å².